The Morgan fingerprint density at radius 2 is 2.05 bits per heavy atom. The Morgan fingerprint density at radius 1 is 1.42 bits per heavy atom. The Morgan fingerprint density at radius 3 is 2.58 bits per heavy atom. The Labute approximate surface area is 117 Å². The summed E-state index contributed by atoms with van der Waals surface area (Å²) in [6.07, 6.45) is 2.66. The van der Waals surface area contributed by atoms with Gasteiger partial charge in [0.15, 0.2) is 0 Å². The number of carbonyl (C=O) groups is 2. The quantitative estimate of drug-likeness (QED) is 0.863. The molecule has 1 aromatic heterocycles. The van der Waals surface area contributed by atoms with Crippen molar-refractivity contribution in [3.63, 3.8) is 0 Å². The number of hydrogen-bond acceptors (Lipinski definition) is 3. The van der Waals surface area contributed by atoms with Gasteiger partial charge >= 0.3 is 5.97 Å². The highest BCUT2D eigenvalue weighted by atomic mass is 32.1. The SMILES string of the molecule is CN(Cc1cc(/C=C/C(=O)O)cs1)C(=O)C(C)(C)C. The molecule has 1 N–H and O–H groups in total. The minimum absolute atomic E-state index is 0.0866. The number of nitrogens with zero attached hydrogens (tertiary/aromatic N) is 1. The maximum Gasteiger partial charge on any atom is 0.328 e. The minimum atomic E-state index is -0.965. The summed E-state index contributed by atoms with van der Waals surface area (Å²) in [5.74, 6) is -0.878. The van der Waals surface area contributed by atoms with Gasteiger partial charge in [0.2, 0.25) is 5.91 Å². The summed E-state index contributed by atoms with van der Waals surface area (Å²) in [7, 11) is 1.78. The van der Waals surface area contributed by atoms with Crippen LogP contribution in [0.3, 0.4) is 0 Å². The maximum atomic E-state index is 12.0. The molecular weight excluding hydrogens is 262 g/mol. The number of carboxylic acid groups (broad SMARTS) is 1. The number of carbonyl (C=O) groups excluding carboxylic acids is 1. The first kappa shape index (κ1) is 15.4. The van der Waals surface area contributed by atoms with Crippen LogP contribution in [0.5, 0.6) is 0 Å². The molecule has 0 saturated heterocycles. The summed E-state index contributed by atoms with van der Waals surface area (Å²) in [4.78, 5) is 25.2. The molecule has 1 heterocycles. The van der Waals surface area contributed by atoms with Gasteiger partial charge in [-0.3, -0.25) is 4.79 Å². The largest absolute Gasteiger partial charge is 0.478 e. The molecule has 5 heteroatoms. The lowest BCUT2D eigenvalue weighted by Crippen LogP contribution is -2.35. The molecular formula is C14H19NO3S. The van der Waals surface area contributed by atoms with Crippen molar-refractivity contribution in [2.75, 3.05) is 7.05 Å². The third-order valence-corrected chi connectivity index (χ3v) is 3.41. The second-order valence-corrected chi connectivity index (χ2v) is 6.42. The molecule has 0 bridgehead atoms. The molecule has 1 amide bonds. The summed E-state index contributed by atoms with van der Waals surface area (Å²) in [5.41, 5.74) is 0.455. The van der Waals surface area contributed by atoms with Crippen molar-refractivity contribution in [1.82, 2.24) is 4.90 Å². The van der Waals surface area contributed by atoms with Crippen molar-refractivity contribution >= 4 is 29.3 Å². The minimum Gasteiger partial charge on any atom is -0.478 e. The van der Waals surface area contributed by atoms with Crippen LogP contribution in [-0.4, -0.2) is 28.9 Å². The summed E-state index contributed by atoms with van der Waals surface area (Å²) >= 11 is 1.52. The fourth-order valence-corrected chi connectivity index (χ4v) is 2.52. The average molecular weight is 281 g/mol. The molecule has 4 nitrogen and oxygen atoms in total. The van der Waals surface area contributed by atoms with Gasteiger partial charge in [-0.05, 0) is 23.1 Å². The molecule has 1 aromatic rings. The summed E-state index contributed by atoms with van der Waals surface area (Å²) in [6.45, 7) is 6.21. The first-order valence-corrected chi connectivity index (χ1v) is 6.82. The lowest BCUT2D eigenvalue weighted by molar-refractivity contribution is -0.138. The predicted molar refractivity (Wildman–Crippen MR) is 76.9 cm³/mol. The van der Waals surface area contributed by atoms with Crippen LogP contribution in [0, 0.1) is 5.41 Å². The highest BCUT2D eigenvalue weighted by Gasteiger charge is 2.25. The van der Waals surface area contributed by atoms with Crippen LogP contribution < -0.4 is 0 Å². The number of amides is 1. The highest BCUT2D eigenvalue weighted by molar-refractivity contribution is 7.10. The zero-order valence-corrected chi connectivity index (χ0v) is 12.5. The molecule has 0 aliphatic heterocycles. The van der Waals surface area contributed by atoms with Crippen LogP contribution in [0.15, 0.2) is 17.5 Å². The van der Waals surface area contributed by atoms with Crippen LogP contribution in [-0.2, 0) is 16.1 Å². The van der Waals surface area contributed by atoms with Crippen LogP contribution in [0.1, 0.15) is 31.2 Å². The van der Waals surface area contributed by atoms with Gasteiger partial charge in [-0.15, -0.1) is 11.3 Å². The fraction of sp³-hybridized carbons (Fsp3) is 0.429. The van der Waals surface area contributed by atoms with E-state index in [0.717, 1.165) is 16.5 Å². The van der Waals surface area contributed by atoms with E-state index < -0.39 is 11.4 Å². The number of hydrogen-bond donors (Lipinski definition) is 1. The monoisotopic (exact) mass is 281 g/mol. The van der Waals surface area contributed by atoms with Crippen molar-refractivity contribution in [2.24, 2.45) is 5.41 Å². The van der Waals surface area contributed by atoms with Crippen LogP contribution in [0.4, 0.5) is 0 Å². The van der Waals surface area contributed by atoms with Crippen LogP contribution in [0.2, 0.25) is 0 Å². The van der Waals surface area contributed by atoms with Gasteiger partial charge in [-0.2, -0.15) is 0 Å². The van der Waals surface area contributed by atoms with Crippen LogP contribution in [0.25, 0.3) is 6.08 Å². The molecule has 0 aromatic carbocycles. The van der Waals surface area contributed by atoms with E-state index in [4.69, 9.17) is 5.11 Å². The zero-order valence-electron chi connectivity index (χ0n) is 11.6. The van der Waals surface area contributed by atoms with Crippen molar-refractivity contribution in [1.29, 1.82) is 0 Å². The average Bonchev–Trinajstić information content (AvgIpc) is 2.71. The Balaban J connectivity index is 2.69. The molecule has 0 saturated carbocycles. The van der Waals surface area contributed by atoms with Crippen LogP contribution >= 0.6 is 11.3 Å². The van der Waals surface area contributed by atoms with E-state index >= 15 is 0 Å². The molecule has 0 atom stereocenters. The molecule has 0 aliphatic rings. The lowest BCUT2D eigenvalue weighted by atomic mass is 9.95. The Bertz CT molecular complexity index is 497. The van der Waals surface area contributed by atoms with Crippen molar-refractivity contribution in [2.45, 2.75) is 27.3 Å². The van der Waals surface area contributed by atoms with E-state index in [2.05, 4.69) is 0 Å². The topological polar surface area (TPSA) is 57.6 Å². The number of rotatable bonds is 4. The van der Waals surface area contributed by atoms with Gasteiger partial charge in [0.25, 0.3) is 0 Å². The molecule has 19 heavy (non-hydrogen) atoms. The summed E-state index contributed by atoms with van der Waals surface area (Å²) in [5, 5.41) is 10.4. The van der Waals surface area contributed by atoms with E-state index in [0.29, 0.717) is 6.54 Å². The zero-order chi connectivity index (χ0) is 14.6. The normalized spacial score (nSPS) is 11.8. The molecule has 0 unspecified atom stereocenters. The number of thiophene rings is 1. The third-order valence-electron chi connectivity index (χ3n) is 2.47. The molecule has 0 radical (unpaired) electrons. The van der Waals surface area contributed by atoms with Gasteiger partial charge in [-0.25, -0.2) is 4.79 Å². The number of aliphatic carboxylic acids is 1. The standard InChI is InChI=1S/C14H19NO3S/c1-14(2,3)13(18)15(4)8-11-7-10(9-19-11)5-6-12(16)17/h5-7,9H,8H2,1-4H3,(H,16,17)/b6-5+. The smallest absolute Gasteiger partial charge is 0.328 e. The third kappa shape index (κ3) is 4.87. The molecule has 0 fully saturated rings. The molecule has 0 spiro atoms. The van der Waals surface area contributed by atoms with Gasteiger partial charge in [0.05, 0.1) is 6.54 Å². The molecule has 1 rings (SSSR count). The van der Waals surface area contributed by atoms with Crippen molar-refractivity contribution < 1.29 is 14.7 Å². The molecule has 0 aliphatic carbocycles. The van der Waals surface area contributed by atoms with Gasteiger partial charge in [0, 0.05) is 23.4 Å². The number of carboxylic acids is 1. The van der Waals surface area contributed by atoms with Crippen molar-refractivity contribution in [3.05, 3.63) is 28.0 Å². The first-order valence-electron chi connectivity index (χ1n) is 5.94. The van der Waals surface area contributed by atoms with Gasteiger partial charge in [-0.1, -0.05) is 20.8 Å². The maximum absolute atomic E-state index is 12.0. The second-order valence-electron chi connectivity index (χ2n) is 5.43. The van der Waals surface area contributed by atoms with E-state index in [1.165, 1.54) is 11.3 Å². The fourth-order valence-electron chi connectivity index (χ4n) is 1.61. The lowest BCUT2D eigenvalue weighted by Gasteiger charge is -2.25. The molecule has 104 valence electrons. The first-order chi connectivity index (χ1) is 8.70. The Hall–Kier alpha value is -1.62. The van der Waals surface area contributed by atoms with E-state index in [9.17, 15) is 9.59 Å². The van der Waals surface area contributed by atoms with E-state index in [1.807, 2.05) is 32.2 Å². The van der Waals surface area contributed by atoms with E-state index in [-0.39, 0.29) is 5.91 Å². The Kier molecular flexibility index (Phi) is 4.89. The van der Waals surface area contributed by atoms with Crippen molar-refractivity contribution in [3.8, 4) is 0 Å². The predicted octanol–water partition coefficient (Wildman–Crippen LogP) is 2.85. The van der Waals surface area contributed by atoms with Gasteiger partial charge in [0.1, 0.15) is 0 Å². The summed E-state index contributed by atoms with van der Waals surface area (Å²) < 4.78 is 0. The summed E-state index contributed by atoms with van der Waals surface area (Å²) in [6, 6.07) is 1.90. The second kappa shape index (κ2) is 6.02. The highest BCUT2D eigenvalue weighted by Crippen LogP contribution is 2.21. The van der Waals surface area contributed by atoms with E-state index in [1.54, 1.807) is 18.0 Å². The van der Waals surface area contributed by atoms with Gasteiger partial charge < -0.3 is 10.0 Å².